The molecule has 23 heavy (non-hydrogen) atoms. The van der Waals surface area contributed by atoms with Crippen molar-refractivity contribution in [2.75, 3.05) is 13.6 Å². The molecule has 0 atom stereocenters. The summed E-state index contributed by atoms with van der Waals surface area (Å²) >= 11 is 0. The van der Waals surface area contributed by atoms with Gasteiger partial charge in [-0.1, -0.05) is 12.1 Å². The lowest BCUT2D eigenvalue weighted by Crippen LogP contribution is -2.34. The molecule has 3 aromatic rings. The quantitative estimate of drug-likeness (QED) is 0.728. The number of hydrogen-bond donors (Lipinski definition) is 0. The molecule has 0 unspecified atom stereocenters. The molecule has 1 amide bonds. The van der Waals surface area contributed by atoms with Crippen LogP contribution in [-0.2, 0) is 11.3 Å². The minimum Gasteiger partial charge on any atom is -0.448 e. The van der Waals surface area contributed by atoms with Gasteiger partial charge in [0, 0.05) is 19.0 Å². The normalized spacial score (nSPS) is 10.8. The molecule has 7 heteroatoms. The second-order valence-electron chi connectivity index (χ2n) is 5.18. The summed E-state index contributed by atoms with van der Waals surface area (Å²) in [7, 11) is 1.60. The van der Waals surface area contributed by atoms with E-state index in [0.29, 0.717) is 17.6 Å². The predicted molar refractivity (Wildman–Crippen MR) is 83.6 cm³/mol. The fraction of sp³-hybridized carbons (Fsp3) is 0.250. The summed E-state index contributed by atoms with van der Waals surface area (Å²) in [5, 5.41) is 9.32. The molecule has 3 rings (SSSR count). The number of likely N-dealkylation sites (N-methyl/N-ethyl adjacent to an activating group) is 1. The predicted octanol–water partition coefficient (Wildman–Crippen LogP) is 1.51. The van der Waals surface area contributed by atoms with Crippen molar-refractivity contribution in [1.82, 2.24) is 14.5 Å². The molecular weight excluding hydrogens is 296 g/mol. The molecular formula is C16H14N4O3. The Morgan fingerprint density at radius 2 is 2.22 bits per heavy atom. The van der Waals surface area contributed by atoms with Gasteiger partial charge in [0.25, 0.3) is 5.56 Å². The van der Waals surface area contributed by atoms with Gasteiger partial charge in [-0.05, 0) is 12.1 Å². The SMILES string of the molecule is CN(CCC#N)C(=O)Cn1cnc2c(oc3ccccc32)c1=O. The van der Waals surface area contributed by atoms with Gasteiger partial charge in [-0.3, -0.25) is 14.2 Å². The minimum absolute atomic E-state index is 0.138. The number of aromatic nitrogens is 2. The van der Waals surface area contributed by atoms with Crippen LogP contribution in [-0.4, -0.2) is 34.0 Å². The number of nitriles is 1. The molecule has 0 aliphatic rings. The van der Waals surface area contributed by atoms with Crippen molar-refractivity contribution in [1.29, 1.82) is 5.26 Å². The first-order chi connectivity index (χ1) is 11.1. The molecule has 116 valence electrons. The summed E-state index contributed by atoms with van der Waals surface area (Å²) < 4.78 is 6.79. The number of amides is 1. The Morgan fingerprint density at radius 3 is 3.00 bits per heavy atom. The van der Waals surface area contributed by atoms with Crippen LogP contribution in [0.4, 0.5) is 0 Å². The Bertz CT molecular complexity index is 980. The van der Waals surface area contributed by atoms with E-state index in [0.717, 1.165) is 5.39 Å². The number of carbonyl (C=O) groups is 1. The zero-order valence-corrected chi connectivity index (χ0v) is 12.5. The first-order valence-corrected chi connectivity index (χ1v) is 7.09. The second kappa shape index (κ2) is 5.93. The first kappa shape index (κ1) is 14.8. The summed E-state index contributed by atoms with van der Waals surface area (Å²) in [6, 6.07) is 9.24. The van der Waals surface area contributed by atoms with E-state index in [9.17, 15) is 9.59 Å². The zero-order chi connectivity index (χ0) is 16.4. The zero-order valence-electron chi connectivity index (χ0n) is 12.5. The fourth-order valence-electron chi connectivity index (χ4n) is 2.34. The third kappa shape index (κ3) is 2.66. The van der Waals surface area contributed by atoms with Gasteiger partial charge in [0.05, 0.1) is 18.8 Å². The van der Waals surface area contributed by atoms with Crippen molar-refractivity contribution < 1.29 is 9.21 Å². The third-order valence-electron chi connectivity index (χ3n) is 3.64. The lowest BCUT2D eigenvalue weighted by atomic mass is 10.2. The average Bonchev–Trinajstić information content (AvgIpc) is 2.94. The lowest BCUT2D eigenvalue weighted by Gasteiger charge is -2.15. The van der Waals surface area contributed by atoms with Gasteiger partial charge in [-0.2, -0.15) is 5.26 Å². The van der Waals surface area contributed by atoms with Crippen LogP contribution < -0.4 is 5.56 Å². The first-order valence-electron chi connectivity index (χ1n) is 7.09. The van der Waals surface area contributed by atoms with E-state index in [1.807, 2.05) is 24.3 Å². The van der Waals surface area contributed by atoms with E-state index in [1.54, 1.807) is 13.1 Å². The Kier molecular flexibility index (Phi) is 3.81. The van der Waals surface area contributed by atoms with Crippen LogP contribution in [0.5, 0.6) is 0 Å². The number of fused-ring (bicyclic) bond motifs is 3. The molecule has 0 bridgehead atoms. The molecule has 0 radical (unpaired) electrons. The summed E-state index contributed by atoms with van der Waals surface area (Å²) in [6.45, 7) is 0.186. The molecule has 0 saturated heterocycles. The van der Waals surface area contributed by atoms with Crippen molar-refractivity contribution in [2.45, 2.75) is 13.0 Å². The van der Waals surface area contributed by atoms with Crippen LogP contribution in [0.25, 0.3) is 22.1 Å². The Morgan fingerprint density at radius 1 is 1.43 bits per heavy atom. The van der Waals surface area contributed by atoms with Crippen molar-refractivity contribution in [3.05, 3.63) is 40.9 Å². The number of rotatable bonds is 4. The van der Waals surface area contributed by atoms with Crippen molar-refractivity contribution in [2.24, 2.45) is 0 Å². The summed E-state index contributed by atoms with van der Waals surface area (Å²) in [5.74, 6) is -0.264. The average molecular weight is 310 g/mol. The number of nitrogens with zero attached hydrogens (tertiary/aromatic N) is 4. The van der Waals surface area contributed by atoms with E-state index >= 15 is 0 Å². The molecule has 0 aliphatic heterocycles. The van der Waals surface area contributed by atoms with E-state index in [1.165, 1.54) is 15.8 Å². The highest BCUT2D eigenvalue weighted by Gasteiger charge is 2.15. The smallest absolute Gasteiger partial charge is 0.297 e. The van der Waals surface area contributed by atoms with Crippen molar-refractivity contribution in [3.8, 4) is 6.07 Å². The number of hydrogen-bond acceptors (Lipinski definition) is 5. The van der Waals surface area contributed by atoms with E-state index in [2.05, 4.69) is 4.98 Å². The van der Waals surface area contributed by atoms with Gasteiger partial charge in [0.2, 0.25) is 11.5 Å². The van der Waals surface area contributed by atoms with Crippen LogP contribution >= 0.6 is 0 Å². The topological polar surface area (TPSA) is 92.1 Å². The highest BCUT2D eigenvalue weighted by atomic mass is 16.3. The molecule has 0 N–H and O–H groups in total. The maximum absolute atomic E-state index is 12.5. The second-order valence-corrected chi connectivity index (χ2v) is 5.18. The van der Waals surface area contributed by atoms with Crippen LogP contribution in [0.3, 0.4) is 0 Å². The minimum atomic E-state index is -0.395. The maximum atomic E-state index is 12.5. The van der Waals surface area contributed by atoms with Crippen LogP contribution in [0.2, 0.25) is 0 Å². The van der Waals surface area contributed by atoms with Gasteiger partial charge in [0.15, 0.2) is 0 Å². The number of benzene rings is 1. The standard InChI is InChI=1S/C16H14N4O3/c1-19(8-4-7-17)13(21)9-20-10-18-14-11-5-2-3-6-12(11)23-15(14)16(20)22/h2-3,5-6,10H,4,8-9H2,1H3. The third-order valence-corrected chi connectivity index (χ3v) is 3.64. The van der Waals surface area contributed by atoms with Gasteiger partial charge >= 0.3 is 0 Å². The van der Waals surface area contributed by atoms with E-state index < -0.39 is 5.56 Å². The fourth-order valence-corrected chi connectivity index (χ4v) is 2.34. The molecule has 0 fully saturated rings. The van der Waals surface area contributed by atoms with Crippen molar-refractivity contribution >= 4 is 28.0 Å². The van der Waals surface area contributed by atoms with Gasteiger partial charge < -0.3 is 9.32 Å². The lowest BCUT2D eigenvalue weighted by molar-refractivity contribution is -0.130. The largest absolute Gasteiger partial charge is 0.448 e. The molecule has 0 aliphatic carbocycles. The molecule has 1 aromatic carbocycles. The Hall–Kier alpha value is -3.14. The maximum Gasteiger partial charge on any atom is 0.297 e. The highest BCUT2D eigenvalue weighted by molar-refractivity contribution is 6.01. The van der Waals surface area contributed by atoms with Gasteiger partial charge in [-0.25, -0.2) is 4.98 Å². The molecule has 7 nitrogen and oxygen atoms in total. The van der Waals surface area contributed by atoms with Crippen molar-refractivity contribution in [3.63, 3.8) is 0 Å². The number of furan rings is 1. The van der Waals surface area contributed by atoms with Crippen LogP contribution in [0, 0.1) is 11.3 Å². The van der Waals surface area contributed by atoms with Crippen LogP contribution in [0.1, 0.15) is 6.42 Å². The molecule has 2 heterocycles. The number of carbonyl (C=O) groups excluding carboxylic acids is 1. The highest BCUT2D eigenvalue weighted by Crippen LogP contribution is 2.23. The van der Waals surface area contributed by atoms with E-state index in [-0.39, 0.29) is 24.5 Å². The molecule has 0 saturated carbocycles. The van der Waals surface area contributed by atoms with Gasteiger partial charge in [0.1, 0.15) is 17.6 Å². The summed E-state index contributed by atoms with van der Waals surface area (Å²) in [6.07, 6.45) is 1.60. The Balaban J connectivity index is 1.95. The van der Waals surface area contributed by atoms with Gasteiger partial charge in [-0.15, -0.1) is 0 Å². The molecule has 0 spiro atoms. The Labute approximate surface area is 131 Å². The van der Waals surface area contributed by atoms with Crippen LogP contribution in [0.15, 0.2) is 39.8 Å². The number of para-hydroxylation sites is 1. The molecule has 2 aromatic heterocycles. The summed E-state index contributed by atoms with van der Waals surface area (Å²) in [4.78, 5) is 30.2. The van der Waals surface area contributed by atoms with E-state index in [4.69, 9.17) is 9.68 Å². The monoisotopic (exact) mass is 310 g/mol. The summed E-state index contributed by atoms with van der Waals surface area (Å²) in [5.41, 5.74) is 0.823.